The SMILES string of the molecule is O=C([O-])[C@H]1[C@H]2C(=O)N(c3cccc([N+](=O)[O-])c3)C[C@]23C=C[C@H]1O3. The molecule has 1 aromatic carbocycles. The summed E-state index contributed by atoms with van der Waals surface area (Å²) in [6, 6.07) is 5.68. The maximum absolute atomic E-state index is 12.7. The van der Waals surface area contributed by atoms with E-state index in [4.69, 9.17) is 4.74 Å². The van der Waals surface area contributed by atoms with Crippen LogP contribution in [-0.2, 0) is 14.3 Å². The summed E-state index contributed by atoms with van der Waals surface area (Å²) in [7, 11) is 0. The lowest BCUT2D eigenvalue weighted by molar-refractivity contribution is -0.384. The summed E-state index contributed by atoms with van der Waals surface area (Å²) in [5, 5.41) is 22.3. The molecule has 1 aromatic rings. The van der Waals surface area contributed by atoms with Crippen molar-refractivity contribution in [1.82, 2.24) is 0 Å². The number of carboxylic acids is 1. The van der Waals surface area contributed by atoms with Crippen molar-refractivity contribution in [3.8, 4) is 0 Å². The summed E-state index contributed by atoms with van der Waals surface area (Å²) in [5.74, 6) is -3.62. The van der Waals surface area contributed by atoms with E-state index in [1.807, 2.05) is 0 Å². The number of carbonyl (C=O) groups is 2. The van der Waals surface area contributed by atoms with E-state index in [-0.39, 0.29) is 12.2 Å². The highest BCUT2D eigenvalue weighted by Gasteiger charge is 2.65. The van der Waals surface area contributed by atoms with Crippen LogP contribution in [0.5, 0.6) is 0 Å². The van der Waals surface area contributed by atoms with Crippen LogP contribution in [0.4, 0.5) is 11.4 Å². The first-order chi connectivity index (χ1) is 10.9. The van der Waals surface area contributed by atoms with Gasteiger partial charge in [-0.1, -0.05) is 18.2 Å². The van der Waals surface area contributed by atoms with Gasteiger partial charge in [-0.2, -0.15) is 0 Å². The van der Waals surface area contributed by atoms with Crippen LogP contribution in [0, 0.1) is 22.0 Å². The molecule has 0 unspecified atom stereocenters. The Hall–Kier alpha value is -2.74. The van der Waals surface area contributed by atoms with Gasteiger partial charge in [0, 0.05) is 24.0 Å². The van der Waals surface area contributed by atoms with Gasteiger partial charge in [0.05, 0.1) is 29.2 Å². The lowest BCUT2D eigenvalue weighted by Gasteiger charge is -2.24. The first kappa shape index (κ1) is 13.9. The number of amides is 1. The van der Waals surface area contributed by atoms with Gasteiger partial charge in [0.15, 0.2) is 0 Å². The van der Waals surface area contributed by atoms with Gasteiger partial charge in [-0.15, -0.1) is 0 Å². The van der Waals surface area contributed by atoms with Crippen molar-refractivity contribution in [3.63, 3.8) is 0 Å². The van der Waals surface area contributed by atoms with Crippen molar-refractivity contribution in [2.45, 2.75) is 11.7 Å². The number of nitro groups is 1. The molecule has 8 nitrogen and oxygen atoms in total. The van der Waals surface area contributed by atoms with Gasteiger partial charge < -0.3 is 19.5 Å². The Kier molecular flexibility index (Phi) is 2.65. The van der Waals surface area contributed by atoms with Crippen molar-refractivity contribution in [2.75, 3.05) is 11.4 Å². The van der Waals surface area contributed by atoms with Crippen molar-refractivity contribution < 1.29 is 24.4 Å². The molecule has 1 amide bonds. The zero-order valence-electron chi connectivity index (χ0n) is 11.7. The van der Waals surface area contributed by atoms with E-state index < -0.39 is 40.3 Å². The summed E-state index contributed by atoms with van der Waals surface area (Å²) in [5.41, 5.74) is -0.774. The fourth-order valence-electron chi connectivity index (χ4n) is 3.76. The molecule has 8 heteroatoms. The molecule has 1 spiro atoms. The number of nitrogens with zero attached hydrogens (tertiary/aromatic N) is 2. The molecule has 2 bridgehead atoms. The van der Waals surface area contributed by atoms with Crippen molar-refractivity contribution in [1.29, 1.82) is 0 Å². The number of anilines is 1. The van der Waals surface area contributed by atoms with E-state index in [2.05, 4.69) is 0 Å². The normalized spacial score (nSPS) is 34.0. The fourth-order valence-corrected chi connectivity index (χ4v) is 3.76. The molecule has 0 aliphatic carbocycles. The molecular formula is C15H11N2O6-. The first-order valence-corrected chi connectivity index (χ1v) is 7.07. The first-order valence-electron chi connectivity index (χ1n) is 7.07. The zero-order chi connectivity index (χ0) is 16.4. The number of carbonyl (C=O) groups excluding carboxylic acids is 2. The Morgan fingerprint density at radius 3 is 2.91 bits per heavy atom. The van der Waals surface area contributed by atoms with Crippen LogP contribution in [0.3, 0.4) is 0 Å². The van der Waals surface area contributed by atoms with Crippen LogP contribution in [0.1, 0.15) is 0 Å². The largest absolute Gasteiger partial charge is 0.550 e. The quantitative estimate of drug-likeness (QED) is 0.427. The summed E-state index contributed by atoms with van der Waals surface area (Å²) in [6.45, 7) is 0.133. The molecular weight excluding hydrogens is 304 g/mol. The van der Waals surface area contributed by atoms with Crippen LogP contribution in [-0.4, -0.2) is 35.0 Å². The second-order valence-electron chi connectivity index (χ2n) is 5.92. The fraction of sp³-hybridized carbons (Fsp3) is 0.333. The molecule has 0 N–H and O–H groups in total. The second-order valence-corrected chi connectivity index (χ2v) is 5.92. The minimum Gasteiger partial charge on any atom is -0.550 e. The van der Waals surface area contributed by atoms with Gasteiger partial charge >= 0.3 is 0 Å². The van der Waals surface area contributed by atoms with Crippen LogP contribution >= 0.6 is 0 Å². The Bertz CT molecular complexity index is 775. The van der Waals surface area contributed by atoms with Crippen molar-refractivity contribution in [2.24, 2.45) is 11.8 Å². The number of nitro benzene ring substituents is 1. The van der Waals surface area contributed by atoms with Crippen LogP contribution in [0.2, 0.25) is 0 Å². The number of hydrogen-bond donors (Lipinski definition) is 0. The molecule has 118 valence electrons. The third-order valence-corrected chi connectivity index (χ3v) is 4.72. The van der Waals surface area contributed by atoms with E-state index in [1.54, 1.807) is 18.2 Å². The minimum atomic E-state index is -1.32. The van der Waals surface area contributed by atoms with E-state index in [9.17, 15) is 24.8 Å². The third-order valence-electron chi connectivity index (χ3n) is 4.72. The highest BCUT2D eigenvalue weighted by atomic mass is 16.6. The summed E-state index contributed by atoms with van der Waals surface area (Å²) in [4.78, 5) is 35.8. The van der Waals surface area contributed by atoms with Gasteiger partial charge in [0.2, 0.25) is 5.91 Å². The zero-order valence-corrected chi connectivity index (χ0v) is 11.7. The van der Waals surface area contributed by atoms with Crippen LogP contribution in [0.25, 0.3) is 0 Å². The number of benzene rings is 1. The van der Waals surface area contributed by atoms with E-state index >= 15 is 0 Å². The van der Waals surface area contributed by atoms with Crippen LogP contribution in [0.15, 0.2) is 36.4 Å². The monoisotopic (exact) mass is 315 g/mol. The maximum atomic E-state index is 12.7. The second kappa shape index (κ2) is 4.39. The Balaban J connectivity index is 1.73. The summed E-state index contributed by atoms with van der Waals surface area (Å²) in [6.07, 6.45) is 2.71. The number of non-ortho nitro benzene ring substituents is 1. The highest BCUT2D eigenvalue weighted by Crippen LogP contribution is 2.52. The standard InChI is InChI=1S/C15H12N2O6/c18-13-12-11(14(19)20)10-4-5-15(12,23-10)7-16(13)8-2-1-3-9(6-8)17(21)22/h1-6,10-12H,7H2,(H,19,20)/p-1/t10-,11-,12+,15-/m1/s1. The Labute approximate surface area is 130 Å². The van der Waals surface area contributed by atoms with Gasteiger partial charge in [0.25, 0.3) is 5.69 Å². The smallest absolute Gasteiger partial charge is 0.271 e. The summed E-state index contributed by atoms with van der Waals surface area (Å²) < 4.78 is 5.73. The molecule has 3 aliphatic rings. The molecule has 0 aromatic heterocycles. The lowest BCUT2D eigenvalue weighted by Crippen LogP contribution is -2.45. The lowest BCUT2D eigenvalue weighted by atomic mass is 9.77. The topological polar surface area (TPSA) is 113 Å². The number of fused-ring (bicyclic) bond motifs is 1. The predicted molar refractivity (Wildman–Crippen MR) is 74.2 cm³/mol. The molecule has 23 heavy (non-hydrogen) atoms. The highest BCUT2D eigenvalue weighted by molar-refractivity contribution is 6.02. The molecule has 4 atom stereocenters. The minimum absolute atomic E-state index is 0.133. The molecule has 4 rings (SSSR count). The average Bonchev–Trinajstić information content (AvgIpc) is 3.15. The number of ether oxygens (including phenoxy) is 1. The number of carboxylic acid groups (broad SMARTS) is 1. The molecule has 0 saturated carbocycles. The number of hydrogen-bond acceptors (Lipinski definition) is 6. The predicted octanol–water partition coefficient (Wildman–Crippen LogP) is -0.369. The molecule has 0 radical (unpaired) electrons. The molecule has 2 fully saturated rings. The molecule has 3 aliphatic heterocycles. The molecule has 3 heterocycles. The van der Waals surface area contributed by atoms with E-state index in [0.29, 0.717) is 5.69 Å². The number of aliphatic carboxylic acids is 1. The van der Waals surface area contributed by atoms with Gasteiger partial charge in [-0.25, -0.2) is 0 Å². The maximum Gasteiger partial charge on any atom is 0.271 e. The average molecular weight is 315 g/mol. The van der Waals surface area contributed by atoms with Crippen molar-refractivity contribution >= 4 is 23.3 Å². The van der Waals surface area contributed by atoms with Crippen molar-refractivity contribution in [3.05, 3.63) is 46.5 Å². The number of rotatable bonds is 3. The van der Waals surface area contributed by atoms with Gasteiger partial charge in [-0.05, 0) is 6.07 Å². The molecule has 2 saturated heterocycles. The Morgan fingerprint density at radius 1 is 1.43 bits per heavy atom. The Morgan fingerprint density at radius 2 is 2.22 bits per heavy atom. The van der Waals surface area contributed by atoms with E-state index in [0.717, 1.165) is 0 Å². The van der Waals surface area contributed by atoms with E-state index in [1.165, 1.54) is 23.1 Å². The summed E-state index contributed by atoms with van der Waals surface area (Å²) >= 11 is 0. The third kappa shape index (κ3) is 1.75. The van der Waals surface area contributed by atoms with Gasteiger partial charge in [0.1, 0.15) is 5.60 Å². The van der Waals surface area contributed by atoms with Gasteiger partial charge in [-0.3, -0.25) is 14.9 Å². The van der Waals surface area contributed by atoms with Crippen LogP contribution < -0.4 is 10.0 Å².